The fourth-order valence-corrected chi connectivity index (χ4v) is 7.67. The van der Waals surface area contributed by atoms with Crippen LogP contribution in [0.1, 0.15) is 200 Å². The molecule has 0 bridgehead atoms. The molecule has 0 heterocycles. The summed E-state index contributed by atoms with van der Waals surface area (Å²) >= 11 is 0. The second kappa shape index (κ2) is 67.0. The summed E-state index contributed by atoms with van der Waals surface area (Å²) in [7, 11) is 0. The van der Waals surface area contributed by atoms with Gasteiger partial charge in [-0.1, -0.05) is 181 Å². The van der Waals surface area contributed by atoms with Crippen LogP contribution in [0, 0.1) is 0 Å². The lowest BCUT2D eigenvalue weighted by molar-refractivity contribution is -0.145. The van der Waals surface area contributed by atoms with Gasteiger partial charge in [-0.3, -0.25) is 4.79 Å². The van der Waals surface area contributed by atoms with Crippen molar-refractivity contribution in [3.8, 4) is 0 Å². The van der Waals surface area contributed by atoms with Crippen LogP contribution >= 0.6 is 0 Å². The quantitative estimate of drug-likeness (QED) is 0.0422. The molecule has 0 aromatic heterocycles. The number of carbonyl (C=O) groups is 1. The smallest absolute Gasteiger partial charge is 0.305 e. The molecular weight excluding hydrogens is 909 g/mol. The number of esters is 1. The summed E-state index contributed by atoms with van der Waals surface area (Å²) in [5, 5.41) is 0. The van der Waals surface area contributed by atoms with Gasteiger partial charge in [0.05, 0.1) is 152 Å². The van der Waals surface area contributed by atoms with Crippen LogP contribution in [0.15, 0.2) is 0 Å². The highest BCUT2D eigenvalue weighted by molar-refractivity contribution is 5.69. The van der Waals surface area contributed by atoms with Gasteiger partial charge in [0.15, 0.2) is 0 Å². The standard InChI is InChI=1S/C57H114O14/c1-3-5-7-9-11-13-15-17-18-19-21-23-25-27-29-31-57(58)71-56-55-70-54-53-69-52-51-68-50-49-67-48-47-66-46-45-65-44-43-64-42-41-63-40-39-62-38-37-61-36-35-60-34-33-59-32-30-28-26-24-22-20-16-14-12-10-8-6-4-2/h3-56H2,1-2H3. The van der Waals surface area contributed by atoms with E-state index < -0.39 is 0 Å². The zero-order valence-corrected chi connectivity index (χ0v) is 46.4. The van der Waals surface area contributed by atoms with Gasteiger partial charge in [0, 0.05) is 13.0 Å². The first-order valence-electron chi connectivity index (χ1n) is 29.4. The summed E-state index contributed by atoms with van der Waals surface area (Å²) in [5.74, 6) is -0.130. The van der Waals surface area contributed by atoms with Gasteiger partial charge >= 0.3 is 5.97 Å². The molecule has 426 valence electrons. The van der Waals surface area contributed by atoms with Crippen molar-refractivity contribution < 1.29 is 66.4 Å². The van der Waals surface area contributed by atoms with Gasteiger partial charge < -0.3 is 61.6 Å². The highest BCUT2D eigenvalue weighted by Gasteiger charge is 2.04. The van der Waals surface area contributed by atoms with Gasteiger partial charge in [0.2, 0.25) is 0 Å². The Hall–Kier alpha value is -1.01. The van der Waals surface area contributed by atoms with Crippen molar-refractivity contribution in [2.24, 2.45) is 0 Å². The average molecular weight is 1020 g/mol. The number of rotatable bonds is 66. The lowest BCUT2D eigenvalue weighted by atomic mass is 10.0. The van der Waals surface area contributed by atoms with E-state index in [0.717, 1.165) is 25.9 Å². The number of carbonyl (C=O) groups excluding carboxylic acids is 1. The third-order valence-corrected chi connectivity index (χ3v) is 12.0. The van der Waals surface area contributed by atoms with E-state index >= 15 is 0 Å². The van der Waals surface area contributed by atoms with Gasteiger partial charge in [0.1, 0.15) is 6.61 Å². The van der Waals surface area contributed by atoms with E-state index in [2.05, 4.69) is 13.8 Å². The van der Waals surface area contributed by atoms with Crippen molar-refractivity contribution in [2.45, 2.75) is 200 Å². The second-order valence-electron chi connectivity index (χ2n) is 18.5. The molecule has 14 nitrogen and oxygen atoms in total. The lowest BCUT2D eigenvalue weighted by Crippen LogP contribution is -2.15. The molecular formula is C57H114O14. The van der Waals surface area contributed by atoms with Gasteiger partial charge in [-0.2, -0.15) is 0 Å². The monoisotopic (exact) mass is 1020 g/mol. The molecule has 0 N–H and O–H groups in total. The van der Waals surface area contributed by atoms with Crippen LogP contribution in [0.4, 0.5) is 0 Å². The normalized spacial score (nSPS) is 11.6. The minimum atomic E-state index is -0.130. The predicted octanol–water partition coefficient (Wildman–Crippen LogP) is 12.1. The Morgan fingerprint density at radius 2 is 0.366 bits per heavy atom. The molecule has 0 radical (unpaired) electrons. The van der Waals surface area contributed by atoms with Crippen molar-refractivity contribution in [1.29, 1.82) is 0 Å². The molecule has 0 saturated carbocycles. The van der Waals surface area contributed by atoms with E-state index in [4.69, 9.17) is 61.6 Å². The summed E-state index contributed by atoms with van der Waals surface area (Å²) < 4.78 is 71.9. The topological polar surface area (TPSA) is 137 Å². The van der Waals surface area contributed by atoms with E-state index in [-0.39, 0.29) is 12.6 Å². The van der Waals surface area contributed by atoms with Crippen LogP contribution in [0.3, 0.4) is 0 Å². The molecule has 0 fully saturated rings. The van der Waals surface area contributed by atoms with Crippen molar-refractivity contribution >= 4 is 5.97 Å². The number of ether oxygens (including phenoxy) is 13. The van der Waals surface area contributed by atoms with Crippen LogP contribution in [0.25, 0.3) is 0 Å². The molecule has 0 saturated heterocycles. The van der Waals surface area contributed by atoms with Crippen LogP contribution in [-0.2, 0) is 66.4 Å². The Bertz CT molecular complexity index is 951. The largest absolute Gasteiger partial charge is 0.463 e. The van der Waals surface area contributed by atoms with Crippen molar-refractivity contribution in [3.05, 3.63) is 0 Å². The maximum Gasteiger partial charge on any atom is 0.305 e. The Morgan fingerprint density at radius 1 is 0.197 bits per heavy atom. The van der Waals surface area contributed by atoms with Gasteiger partial charge in [-0.15, -0.1) is 0 Å². The van der Waals surface area contributed by atoms with Crippen LogP contribution in [0.5, 0.6) is 0 Å². The van der Waals surface area contributed by atoms with Crippen molar-refractivity contribution in [2.75, 3.05) is 165 Å². The van der Waals surface area contributed by atoms with Gasteiger partial charge in [0.25, 0.3) is 0 Å². The van der Waals surface area contributed by atoms with Gasteiger partial charge in [-0.25, -0.2) is 0 Å². The van der Waals surface area contributed by atoms with E-state index in [1.165, 1.54) is 161 Å². The second-order valence-corrected chi connectivity index (χ2v) is 18.5. The molecule has 0 amide bonds. The minimum Gasteiger partial charge on any atom is -0.463 e. The number of unbranched alkanes of at least 4 members (excludes halogenated alkanes) is 26. The molecule has 0 aliphatic rings. The van der Waals surface area contributed by atoms with Crippen LogP contribution in [-0.4, -0.2) is 171 Å². The Balaban J connectivity index is 3.12. The molecule has 0 aliphatic carbocycles. The third kappa shape index (κ3) is 67.0. The highest BCUT2D eigenvalue weighted by Crippen LogP contribution is 2.15. The maximum absolute atomic E-state index is 11.9. The Kier molecular flexibility index (Phi) is 66.1. The first-order chi connectivity index (χ1) is 35.3. The molecule has 0 rings (SSSR count). The Labute approximate surface area is 436 Å². The zero-order valence-electron chi connectivity index (χ0n) is 46.4. The molecule has 0 spiro atoms. The Morgan fingerprint density at radius 3 is 0.592 bits per heavy atom. The maximum atomic E-state index is 11.9. The molecule has 0 aromatic carbocycles. The summed E-state index contributed by atoms with van der Waals surface area (Å²) in [5.41, 5.74) is 0. The third-order valence-electron chi connectivity index (χ3n) is 12.0. The fourth-order valence-electron chi connectivity index (χ4n) is 7.67. The predicted molar refractivity (Wildman–Crippen MR) is 286 cm³/mol. The van der Waals surface area contributed by atoms with Crippen molar-refractivity contribution in [1.82, 2.24) is 0 Å². The molecule has 14 heteroatoms. The molecule has 0 atom stereocenters. The number of hydrogen-bond donors (Lipinski definition) is 0. The van der Waals surface area contributed by atoms with Crippen LogP contribution in [0.2, 0.25) is 0 Å². The van der Waals surface area contributed by atoms with E-state index in [1.54, 1.807) is 0 Å². The molecule has 0 aliphatic heterocycles. The first kappa shape index (κ1) is 70.0. The fraction of sp³-hybridized carbons (Fsp3) is 0.982. The number of hydrogen-bond acceptors (Lipinski definition) is 14. The first-order valence-corrected chi connectivity index (χ1v) is 29.4. The molecule has 71 heavy (non-hydrogen) atoms. The summed E-state index contributed by atoms with van der Waals surface area (Å²) in [4.78, 5) is 11.9. The summed E-state index contributed by atoms with van der Waals surface area (Å²) in [6, 6.07) is 0. The SMILES string of the molecule is CCCCCCCCCCCCCCCCCC(=O)OCCOCCOCCOCCOCCOCCOCCOCCOCCOCCOCCOCCOCCCCCCCCCCCCCCC. The molecule has 0 unspecified atom stereocenters. The minimum absolute atomic E-state index is 0.130. The van der Waals surface area contributed by atoms with E-state index in [0.29, 0.717) is 158 Å². The zero-order chi connectivity index (χ0) is 51.0. The highest BCUT2D eigenvalue weighted by atomic mass is 16.6. The lowest BCUT2D eigenvalue weighted by Gasteiger charge is -2.09. The van der Waals surface area contributed by atoms with Crippen LogP contribution < -0.4 is 0 Å². The van der Waals surface area contributed by atoms with Gasteiger partial charge in [-0.05, 0) is 12.8 Å². The molecule has 0 aromatic rings. The summed E-state index contributed by atoms with van der Waals surface area (Å²) in [6.07, 6.45) is 38.0. The van der Waals surface area contributed by atoms with E-state index in [1.807, 2.05) is 0 Å². The van der Waals surface area contributed by atoms with Crippen molar-refractivity contribution in [3.63, 3.8) is 0 Å². The van der Waals surface area contributed by atoms with E-state index in [9.17, 15) is 4.79 Å². The average Bonchev–Trinajstić information content (AvgIpc) is 3.38. The summed E-state index contributed by atoms with van der Waals surface area (Å²) in [6.45, 7) is 17.5.